The van der Waals surface area contributed by atoms with Crippen LogP contribution in [0.2, 0.25) is 0 Å². The molecule has 2 rings (SSSR count). The highest BCUT2D eigenvalue weighted by atomic mass is 127. The summed E-state index contributed by atoms with van der Waals surface area (Å²) in [5.41, 5.74) is 2.76. The molecule has 0 atom stereocenters. The molecule has 0 spiro atoms. The zero-order valence-corrected chi connectivity index (χ0v) is 21.2. The van der Waals surface area contributed by atoms with E-state index in [1.165, 1.54) is 0 Å². The Morgan fingerprint density at radius 2 is 1.77 bits per heavy atom. The molecule has 0 saturated carbocycles. The van der Waals surface area contributed by atoms with Gasteiger partial charge < -0.3 is 15.0 Å². The van der Waals surface area contributed by atoms with E-state index in [2.05, 4.69) is 15.0 Å². The molecule has 7 nitrogen and oxygen atoms in total. The SMILES string of the molecule is CN=C(NCCNS(=O)(=O)c1cc(C)ccc1C)N(C)Cc1ccc(OC)cc1.I. The molecule has 0 aliphatic heterocycles. The highest BCUT2D eigenvalue weighted by molar-refractivity contribution is 14.0. The summed E-state index contributed by atoms with van der Waals surface area (Å²) in [6, 6.07) is 13.2. The van der Waals surface area contributed by atoms with E-state index in [4.69, 9.17) is 4.74 Å². The van der Waals surface area contributed by atoms with E-state index in [0.29, 0.717) is 23.9 Å². The lowest BCUT2D eigenvalue weighted by molar-refractivity contribution is 0.414. The normalized spacial score (nSPS) is 11.6. The maximum Gasteiger partial charge on any atom is 0.240 e. The molecule has 2 aromatic rings. The number of ether oxygens (including phenoxy) is 1. The van der Waals surface area contributed by atoms with Crippen LogP contribution in [-0.2, 0) is 16.6 Å². The van der Waals surface area contributed by atoms with Crippen molar-refractivity contribution in [3.63, 3.8) is 0 Å². The fourth-order valence-corrected chi connectivity index (χ4v) is 4.26. The number of aryl methyl sites for hydroxylation is 2. The quantitative estimate of drug-likeness (QED) is 0.230. The predicted molar refractivity (Wildman–Crippen MR) is 132 cm³/mol. The monoisotopic (exact) mass is 546 g/mol. The molecule has 0 aromatic heterocycles. The smallest absolute Gasteiger partial charge is 0.240 e. The molecule has 0 unspecified atom stereocenters. The Kier molecular flexibility index (Phi) is 10.6. The van der Waals surface area contributed by atoms with E-state index in [9.17, 15) is 8.42 Å². The number of methoxy groups -OCH3 is 1. The van der Waals surface area contributed by atoms with Crippen molar-refractivity contribution in [1.29, 1.82) is 0 Å². The van der Waals surface area contributed by atoms with Gasteiger partial charge in [0.25, 0.3) is 0 Å². The number of rotatable bonds is 8. The third kappa shape index (κ3) is 7.44. The Hall–Kier alpha value is -1.85. The molecule has 0 radical (unpaired) electrons. The molecule has 0 aliphatic rings. The van der Waals surface area contributed by atoms with Crippen molar-refractivity contribution in [3.8, 4) is 5.75 Å². The van der Waals surface area contributed by atoms with Gasteiger partial charge in [-0.2, -0.15) is 0 Å². The van der Waals surface area contributed by atoms with Gasteiger partial charge in [0.2, 0.25) is 10.0 Å². The van der Waals surface area contributed by atoms with Gasteiger partial charge in [-0.05, 0) is 48.7 Å². The van der Waals surface area contributed by atoms with E-state index in [0.717, 1.165) is 22.4 Å². The minimum absolute atomic E-state index is 0. The third-order valence-electron chi connectivity index (χ3n) is 4.49. The number of guanidine groups is 1. The minimum atomic E-state index is -3.55. The van der Waals surface area contributed by atoms with E-state index in [-0.39, 0.29) is 30.5 Å². The minimum Gasteiger partial charge on any atom is -0.497 e. The fraction of sp³-hybridized carbons (Fsp3) is 0.381. The summed E-state index contributed by atoms with van der Waals surface area (Å²) in [7, 11) is 1.72. The van der Waals surface area contributed by atoms with Crippen LogP contribution in [-0.4, -0.2) is 53.6 Å². The van der Waals surface area contributed by atoms with Crippen LogP contribution >= 0.6 is 24.0 Å². The first-order chi connectivity index (χ1) is 13.8. The molecule has 0 saturated heterocycles. The number of halogens is 1. The molecule has 2 aromatic carbocycles. The van der Waals surface area contributed by atoms with Crippen LogP contribution in [0, 0.1) is 13.8 Å². The van der Waals surface area contributed by atoms with E-state index in [1.807, 2.05) is 55.3 Å². The van der Waals surface area contributed by atoms with Crippen LogP contribution in [0.5, 0.6) is 5.75 Å². The first-order valence-electron chi connectivity index (χ1n) is 9.38. The zero-order chi connectivity index (χ0) is 21.4. The van der Waals surface area contributed by atoms with Crippen molar-refractivity contribution in [2.45, 2.75) is 25.3 Å². The second-order valence-electron chi connectivity index (χ2n) is 6.84. The molecule has 9 heteroatoms. The van der Waals surface area contributed by atoms with Gasteiger partial charge in [0.15, 0.2) is 5.96 Å². The Balaban J connectivity index is 0.00000450. The molecule has 0 bridgehead atoms. The average molecular weight is 546 g/mol. The lowest BCUT2D eigenvalue weighted by Crippen LogP contribution is -2.42. The number of sulfonamides is 1. The van der Waals surface area contributed by atoms with Crippen LogP contribution in [0.25, 0.3) is 0 Å². The fourth-order valence-electron chi connectivity index (χ4n) is 2.90. The molecule has 0 heterocycles. The Morgan fingerprint density at radius 3 is 2.37 bits per heavy atom. The molecule has 0 fully saturated rings. The van der Waals surface area contributed by atoms with Crippen molar-refractivity contribution < 1.29 is 13.2 Å². The number of nitrogens with zero attached hydrogens (tertiary/aromatic N) is 2. The number of aliphatic imine (C=N–C) groups is 1. The summed E-state index contributed by atoms with van der Waals surface area (Å²) in [6.45, 7) is 5.01. The number of nitrogens with one attached hydrogen (secondary N) is 2. The van der Waals surface area contributed by atoms with Crippen LogP contribution in [0.1, 0.15) is 16.7 Å². The van der Waals surface area contributed by atoms with E-state index >= 15 is 0 Å². The zero-order valence-electron chi connectivity index (χ0n) is 18.1. The standard InChI is InChI=1S/C21H30N4O3S.HI/c1-16-6-7-17(2)20(14-16)29(26,27)24-13-12-23-21(22-3)25(4)15-18-8-10-19(28-5)11-9-18;/h6-11,14,24H,12-13,15H2,1-5H3,(H,22,23);1H. The highest BCUT2D eigenvalue weighted by Crippen LogP contribution is 2.16. The van der Waals surface area contributed by atoms with Gasteiger partial charge in [-0.15, -0.1) is 24.0 Å². The summed E-state index contributed by atoms with van der Waals surface area (Å²) >= 11 is 0. The average Bonchev–Trinajstić information content (AvgIpc) is 2.70. The summed E-state index contributed by atoms with van der Waals surface area (Å²) in [4.78, 5) is 6.56. The highest BCUT2D eigenvalue weighted by Gasteiger charge is 2.16. The van der Waals surface area contributed by atoms with E-state index < -0.39 is 10.0 Å². The van der Waals surface area contributed by atoms with Crippen molar-refractivity contribution in [2.75, 3.05) is 34.3 Å². The van der Waals surface area contributed by atoms with Crippen molar-refractivity contribution in [3.05, 3.63) is 59.2 Å². The molecule has 0 amide bonds. The largest absolute Gasteiger partial charge is 0.497 e. The molecule has 2 N–H and O–H groups in total. The van der Waals surface area contributed by atoms with Gasteiger partial charge in [0, 0.05) is 33.7 Å². The topological polar surface area (TPSA) is 83.0 Å². The van der Waals surface area contributed by atoms with Gasteiger partial charge >= 0.3 is 0 Å². The Morgan fingerprint density at radius 1 is 1.10 bits per heavy atom. The first-order valence-corrected chi connectivity index (χ1v) is 10.9. The van der Waals surface area contributed by atoms with Crippen molar-refractivity contribution in [1.82, 2.24) is 14.9 Å². The van der Waals surface area contributed by atoms with E-state index in [1.54, 1.807) is 27.1 Å². The molecule has 0 aliphatic carbocycles. The summed E-state index contributed by atoms with van der Waals surface area (Å²) < 4.78 is 32.9. The maximum absolute atomic E-state index is 12.6. The van der Waals surface area contributed by atoms with Gasteiger partial charge in [-0.25, -0.2) is 13.1 Å². The van der Waals surface area contributed by atoms with Crippen LogP contribution in [0.3, 0.4) is 0 Å². The van der Waals surface area contributed by atoms with Crippen molar-refractivity contribution in [2.24, 2.45) is 4.99 Å². The van der Waals surface area contributed by atoms with Gasteiger partial charge in [-0.3, -0.25) is 4.99 Å². The van der Waals surface area contributed by atoms with Gasteiger partial charge in [-0.1, -0.05) is 24.3 Å². The first kappa shape index (κ1) is 26.2. The van der Waals surface area contributed by atoms with Crippen LogP contribution in [0.4, 0.5) is 0 Å². The van der Waals surface area contributed by atoms with Crippen molar-refractivity contribution >= 4 is 40.0 Å². The molecular weight excluding hydrogens is 515 g/mol. The van der Waals surface area contributed by atoms with Crippen LogP contribution < -0.4 is 14.8 Å². The number of hydrogen-bond acceptors (Lipinski definition) is 4. The van der Waals surface area contributed by atoms with Gasteiger partial charge in [0.1, 0.15) is 5.75 Å². The molecule has 166 valence electrons. The summed E-state index contributed by atoms with van der Waals surface area (Å²) in [5.74, 6) is 1.50. The molecule has 30 heavy (non-hydrogen) atoms. The number of benzene rings is 2. The summed E-state index contributed by atoms with van der Waals surface area (Å²) in [6.07, 6.45) is 0. The maximum atomic E-state index is 12.6. The molecular formula is C21H31IN4O3S. The second kappa shape index (κ2) is 12.1. The third-order valence-corrected chi connectivity index (χ3v) is 6.09. The lowest BCUT2D eigenvalue weighted by Gasteiger charge is -2.22. The predicted octanol–water partition coefficient (Wildman–Crippen LogP) is 2.92. The number of hydrogen-bond donors (Lipinski definition) is 2. The van der Waals surface area contributed by atoms with Gasteiger partial charge in [0.05, 0.1) is 12.0 Å². The Bertz CT molecular complexity index is 947. The lowest BCUT2D eigenvalue weighted by atomic mass is 10.2. The Labute approximate surface area is 197 Å². The second-order valence-corrected chi connectivity index (χ2v) is 8.58. The summed E-state index contributed by atoms with van der Waals surface area (Å²) in [5, 5.41) is 3.19. The van der Waals surface area contributed by atoms with Crippen LogP contribution in [0.15, 0.2) is 52.4 Å².